The molecule has 0 saturated heterocycles. The van der Waals surface area contributed by atoms with Crippen molar-refractivity contribution in [2.24, 2.45) is 11.5 Å². The second-order valence-corrected chi connectivity index (χ2v) is 13.3. The first-order valence-electron chi connectivity index (χ1n) is 19.1. The lowest BCUT2D eigenvalue weighted by molar-refractivity contribution is -0.275. The molecule has 0 unspecified atom stereocenters. The molecule has 0 aliphatic rings. The lowest BCUT2D eigenvalue weighted by Gasteiger charge is -2.16. The van der Waals surface area contributed by atoms with Crippen LogP contribution in [0.15, 0.2) is 97.6 Å². The van der Waals surface area contributed by atoms with Gasteiger partial charge >= 0.3 is 18.7 Å². The summed E-state index contributed by atoms with van der Waals surface area (Å²) in [5, 5.41) is 11.8. The number of carbonyl (C=O) groups is 4. The highest BCUT2D eigenvalue weighted by Gasteiger charge is 2.33. The number of nitrogens with two attached hydrogens (primary N) is 3. The van der Waals surface area contributed by atoms with E-state index in [0.717, 1.165) is 67.0 Å². The summed E-state index contributed by atoms with van der Waals surface area (Å²) in [4.78, 5) is 54.0. The van der Waals surface area contributed by atoms with Gasteiger partial charge in [0.05, 0.1) is 64.4 Å². The molecule has 2 aromatic heterocycles. The standard InChI is InChI=1S/C22H17F4N3O6.C15H12F3NO6.C7H7FN2O/c1-32-16-8-12(35-22(24,25)26)4-6-15(16)34-18-10-28-9-17(33-2)19(18)21(31)29-11-3-5-14(23)13(7-11)20(27)30;1-22-10-5-8(25-15(16,17)18)3-4-9(10)24-12-7-19-6-11(23-2)13(12)14(20)21;8-6-2-1-4(9)3-5(6)7(10)11/h3-10H,1-2H3,(H2,27,30)(H,29,31);3-7H,1-2H3,(H,20,21);1-3H,9H2,(H2,10,11). The number of carboxylic acids is 1. The Kier molecular flexibility index (Phi) is 18.1. The van der Waals surface area contributed by atoms with Crippen LogP contribution in [0.3, 0.4) is 0 Å². The monoisotopic (exact) mass is 1010 g/mol. The molecule has 0 radical (unpaired) electrons. The lowest BCUT2D eigenvalue weighted by Crippen LogP contribution is -2.17. The van der Waals surface area contributed by atoms with Crippen molar-refractivity contribution >= 4 is 35.1 Å². The van der Waals surface area contributed by atoms with Crippen LogP contribution in [0.2, 0.25) is 0 Å². The molecule has 0 saturated carbocycles. The van der Waals surface area contributed by atoms with Crippen LogP contribution in [0.1, 0.15) is 41.4 Å². The van der Waals surface area contributed by atoms with E-state index in [1.54, 1.807) is 0 Å². The quantitative estimate of drug-likeness (QED) is 0.0478. The van der Waals surface area contributed by atoms with Gasteiger partial charge in [-0.3, -0.25) is 24.4 Å². The van der Waals surface area contributed by atoms with Gasteiger partial charge < -0.3 is 65.5 Å². The van der Waals surface area contributed by atoms with Crippen LogP contribution in [0.5, 0.6) is 57.5 Å². The highest BCUT2D eigenvalue weighted by Crippen LogP contribution is 2.40. The third kappa shape index (κ3) is 15.4. The third-order valence-electron chi connectivity index (χ3n) is 8.56. The topological polar surface area (TPSA) is 278 Å². The SMILES string of the molecule is COc1cc(OC(F)(F)F)ccc1Oc1cncc(OC)c1C(=O)Nc1ccc(F)c(C(N)=O)c1.COc1cc(OC(F)(F)F)ccc1Oc1cncc(OC)c1C(=O)O.NC(=O)c1cc(N)ccc1F. The molecule has 0 aliphatic heterocycles. The Morgan fingerprint density at radius 3 is 1.35 bits per heavy atom. The van der Waals surface area contributed by atoms with Crippen molar-refractivity contribution in [3.05, 3.63) is 131 Å². The molecule has 0 fully saturated rings. The number of nitrogen functional groups attached to an aromatic ring is 1. The molecule has 4 aromatic carbocycles. The smallest absolute Gasteiger partial charge is 0.494 e. The summed E-state index contributed by atoms with van der Waals surface area (Å²) in [5.41, 5.74) is 14.6. The Hall–Kier alpha value is -9.30. The number of rotatable bonds is 15. The number of amides is 3. The number of ether oxygens (including phenoxy) is 8. The Morgan fingerprint density at radius 1 is 0.535 bits per heavy atom. The van der Waals surface area contributed by atoms with Crippen molar-refractivity contribution in [2.45, 2.75) is 12.7 Å². The first-order valence-corrected chi connectivity index (χ1v) is 19.1. The number of halogens is 8. The van der Waals surface area contributed by atoms with E-state index in [1.165, 1.54) is 59.0 Å². The van der Waals surface area contributed by atoms with E-state index in [0.29, 0.717) is 5.69 Å². The molecule has 8 N–H and O–H groups in total. The van der Waals surface area contributed by atoms with E-state index in [2.05, 4.69) is 24.8 Å². The fourth-order valence-electron chi connectivity index (χ4n) is 5.56. The number of anilines is 2. The van der Waals surface area contributed by atoms with Crippen molar-refractivity contribution in [1.82, 2.24) is 9.97 Å². The molecule has 6 aromatic rings. The Balaban J connectivity index is 0.000000263. The van der Waals surface area contributed by atoms with Gasteiger partial charge in [0.15, 0.2) is 46.0 Å². The maximum atomic E-state index is 13.8. The zero-order valence-electron chi connectivity index (χ0n) is 36.7. The molecule has 0 atom stereocenters. The summed E-state index contributed by atoms with van der Waals surface area (Å²) in [7, 11) is 4.94. The van der Waals surface area contributed by atoms with E-state index >= 15 is 0 Å². The van der Waals surface area contributed by atoms with E-state index in [4.69, 9.17) is 45.6 Å². The maximum absolute atomic E-state index is 13.8. The number of hydrogen-bond donors (Lipinski definition) is 5. The van der Waals surface area contributed by atoms with Crippen molar-refractivity contribution in [2.75, 3.05) is 39.5 Å². The fourth-order valence-corrected chi connectivity index (χ4v) is 5.56. The summed E-state index contributed by atoms with van der Waals surface area (Å²) in [6.07, 6.45) is -5.07. The summed E-state index contributed by atoms with van der Waals surface area (Å²) < 4.78 is 140. The number of aromatic nitrogens is 2. The summed E-state index contributed by atoms with van der Waals surface area (Å²) in [6, 6.07) is 13.0. The highest BCUT2D eigenvalue weighted by molar-refractivity contribution is 6.08. The molecular weight excluding hydrogens is 972 g/mol. The van der Waals surface area contributed by atoms with Gasteiger partial charge in [0.1, 0.15) is 34.3 Å². The zero-order chi connectivity index (χ0) is 52.8. The van der Waals surface area contributed by atoms with Gasteiger partial charge in [-0.05, 0) is 60.7 Å². The van der Waals surface area contributed by atoms with Crippen molar-refractivity contribution in [3.63, 3.8) is 0 Å². The number of methoxy groups -OCH3 is 4. The molecule has 376 valence electrons. The number of alkyl halides is 6. The second kappa shape index (κ2) is 23.6. The number of carbonyl (C=O) groups excluding carboxylic acids is 3. The molecule has 0 aliphatic carbocycles. The van der Waals surface area contributed by atoms with Crippen molar-refractivity contribution in [3.8, 4) is 57.5 Å². The number of nitrogens with zero attached hydrogens (tertiary/aromatic N) is 2. The number of benzene rings is 4. The van der Waals surface area contributed by atoms with E-state index < -0.39 is 65.1 Å². The number of hydrogen-bond acceptors (Lipinski definition) is 15. The average Bonchev–Trinajstić information content (AvgIpc) is 3.30. The maximum Gasteiger partial charge on any atom is 0.573 e. The predicted octanol–water partition coefficient (Wildman–Crippen LogP) is 8.27. The first-order chi connectivity index (χ1) is 33.4. The molecule has 2 heterocycles. The van der Waals surface area contributed by atoms with Gasteiger partial charge in [0.25, 0.3) is 17.7 Å². The van der Waals surface area contributed by atoms with Crippen molar-refractivity contribution in [1.29, 1.82) is 0 Å². The van der Waals surface area contributed by atoms with Crippen molar-refractivity contribution < 1.29 is 97.3 Å². The van der Waals surface area contributed by atoms with Gasteiger partial charge in [-0.25, -0.2) is 13.6 Å². The number of pyridine rings is 2. The molecule has 0 spiro atoms. The van der Waals surface area contributed by atoms with Crippen LogP contribution in [0.4, 0.5) is 46.5 Å². The number of carboxylic acid groups (broad SMARTS) is 1. The summed E-state index contributed by atoms with van der Waals surface area (Å²) >= 11 is 0. The predicted molar refractivity (Wildman–Crippen MR) is 230 cm³/mol. The van der Waals surface area contributed by atoms with Crippen LogP contribution in [0.25, 0.3) is 0 Å². The van der Waals surface area contributed by atoms with Crippen LogP contribution in [-0.4, -0.2) is 79.9 Å². The Morgan fingerprint density at radius 2 is 0.944 bits per heavy atom. The van der Waals surface area contributed by atoms with Crippen LogP contribution in [0, 0.1) is 11.6 Å². The number of nitrogens with one attached hydrogen (secondary N) is 1. The fraction of sp³-hybridized carbons (Fsp3) is 0.136. The van der Waals surface area contributed by atoms with Crippen LogP contribution < -0.4 is 60.4 Å². The number of primary amides is 2. The van der Waals surface area contributed by atoms with Crippen LogP contribution in [-0.2, 0) is 0 Å². The average molecular weight is 1010 g/mol. The summed E-state index contributed by atoms with van der Waals surface area (Å²) in [6.45, 7) is 0. The van der Waals surface area contributed by atoms with Gasteiger partial charge in [-0.2, -0.15) is 0 Å². The van der Waals surface area contributed by atoms with E-state index in [1.807, 2.05) is 0 Å². The second-order valence-electron chi connectivity index (χ2n) is 13.3. The molecule has 71 heavy (non-hydrogen) atoms. The van der Waals surface area contributed by atoms with Gasteiger partial charge in [-0.1, -0.05) is 0 Å². The minimum Gasteiger partial charge on any atom is -0.494 e. The molecular formula is C44H36F8N6O13. The van der Waals surface area contributed by atoms with Gasteiger partial charge in [-0.15, -0.1) is 26.3 Å². The molecule has 6 rings (SSSR count). The highest BCUT2D eigenvalue weighted by atomic mass is 19.4. The lowest BCUT2D eigenvalue weighted by atomic mass is 10.1. The summed E-state index contributed by atoms with van der Waals surface area (Å²) in [5.74, 6) is -7.26. The third-order valence-corrected chi connectivity index (χ3v) is 8.56. The molecule has 0 bridgehead atoms. The van der Waals surface area contributed by atoms with Gasteiger partial charge in [0, 0.05) is 23.5 Å². The van der Waals surface area contributed by atoms with Crippen LogP contribution >= 0.6 is 0 Å². The zero-order valence-corrected chi connectivity index (χ0v) is 36.7. The largest absolute Gasteiger partial charge is 0.573 e. The first kappa shape index (κ1) is 54.3. The molecule has 3 amide bonds. The molecule has 19 nitrogen and oxygen atoms in total. The minimum atomic E-state index is -4.91. The Bertz CT molecular complexity index is 2910. The number of aromatic carboxylic acids is 1. The minimum absolute atomic E-state index is 0.0202. The van der Waals surface area contributed by atoms with E-state index in [-0.39, 0.29) is 68.4 Å². The normalized spacial score (nSPS) is 10.7. The van der Waals surface area contributed by atoms with E-state index in [9.17, 15) is 59.4 Å². The van der Waals surface area contributed by atoms with Gasteiger partial charge in [0.2, 0.25) is 0 Å². The Labute approximate surface area is 394 Å². The molecule has 27 heteroatoms.